The molecule has 2 N–H and O–H groups in total. The van der Waals surface area contributed by atoms with Gasteiger partial charge in [-0.05, 0) is 31.2 Å². The van der Waals surface area contributed by atoms with Crippen LogP contribution in [0.15, 0.2) is 24.3 Å². The fourth-order valence-electron chi connectivity index (χ4n) is 2.24. The van der Waals surface area contributed by atoms with Gasteiger partial charge in [0.25, 0.3) is 0 Å². The Balaban J connectivity index is 2.06. The molecule has 102 valence electrons. The molecular formula is C14H19N3O2. The van der Waals surface area contributed by atoms with Crippen molar-refractivity contribution in [3.63, 3.8) is 0 Å². The average molecular weight is 261 g/mol. The molecule has 1 aromatic carbocycles. The Morgan fingerprint density at radius 3 is 2.47 bits per heavy atom. The van der Waals surface area contributed by atoms with Gasteiger partial charge in [0, 0.05) is 37.4 Å². The zero-order chi connectivity index (χ0) is 13.8. The first-order valence-corrected chi connectivity index (χ1v) is 6.45. The molecule has 1 aliphatic heterocycles. The number of hydrogen-bond acceptors (Lipinski definition) is 4. The molecule has 0 aliphatic carbocycles. The molecular weight excluding hydrogens is 242 g/mol. The summed E-state index contributed by atoms with van der Waals surface area (Å²) in [6, 6.07) is 7.18. The van der Waals surface area contributed by atoms with E-state index in [-0.39, 0.29) is 11.7 Å². The van der Waals surface area contributed by atoms with Crippen LogP contribution in [0.25, 0.3) is 0 Å². The lowest BCUT2D eigenvalue weighted by molar-refractivity contribution is -0.121. The van der Waals surface area contributed by atoms with Gasteiger partial charge < -0.3 is 10.6 Å². The Morgan fingerprint density at radius 1 is 1.26 bits per heavy atom. The third-order valence-corrected chi connectivity index (χ3v) is 3.33. The molecule has 0 bridgehead atoms. The second-order valence-corrected chi connectivity index (χ2v) is 4.71. The molecule has 0 unspecified atom stereocenters. The van der Waals surface area contributed by atoms with Gasteiger partial charge in [-0.3, -0.25) is 14.5 Å². The highest BCUT2D eigenvalue weighted by Gasteiger charge is 2.24. The van der Waals surface area contributed by atoms with Crippen molar-refractivity contribution in [1.82, 2.24) is 4.90 Å². The molecule has 1 fully saturated rings. The van der Waals surface area contributed by atoms with Crippen LogP contribution in [0.3, 0.4) is 0 Å². The molecule has 1 saturated heterocycles. The van der Waals surface area contributed by atoms with E-state index in [9.17, 15) is 9.59 Å². The zero-order valence-electron chi connectivity index (χ0n) is 11.1. The molecule has 0 radical (unpaired) electrons. The fourth-order valence-corrected chi connectivity index (χ4v) is 2.24. The van der Waals surface area contributed by atoms with Gasteiger partial charge in [0.15, 0.2) is 5.78 Å². The Bertz CT molecular complexity index is 470. The van der Waals surface area contributed by atoms with E-state index in [1.165, 1.54) is 6.92 Å². The molecule has 0 aromatic heterocycles. The van der Waals surface area contributed by atoms with Gasteiger partial charge in [0.05, 0.1) is 6.54 Å². The molecule has 19 heavy (non-hydrogen) atoms. The minimum atomic E-state index is 0.0330. The van der Waals surface area contributed by atoms with E-state index in [4.69, 9.17) is 5.73 Å². The van der Waals surface area contributed by atoms with Crippen molar-refractivity contribution in [3.05, 3.63) is 29.8 Å². The van der Waals surface area contributed by atoms with Crippen LogP contribution in [-0.4, -0.2) is 49.3 Å². The predicted octanol–water partition coefficient (Wildman–Crippen LogP) is 0.497. The van der Waals surface area contributed by atoms with Gasteiger partial charge in [0.1, 0.15) is 0 Å². The van der Waals surface area contributed by atoms with E-state index in [1.807, 2.05) is 12.1 Å². The maximum Gasteiger partial charge on any atom is 0.241 e. The van der Waals surface area contributed by atoms with Crippen molar-refractivity contribution in [2.45, 2.75) is 6.92 Å². The summed E-state index contributed by atoms with van der Waals surface area (Å²) in [5.41, 5.74) is 7.01. The molecule has 5 heteroatoms. The van der Waals surface area contributed by atoms with Crippen LogP contribution < -0.4 is 10.6 Å². The van der Waals surface area contributed by atoms with Gasteiger partial charge in [-0.1, -0.05) is 0 Å². The molecule has 0 saturated carbocycles. The number of Topliss-reactive ketones (excluding diaryl/α,β-unsaturated/α-hetero) is 1. The molecule has 1 amide bonds. The maximum atomic E-state index is 12.1. The second kappa shape index (κ2) is 5.95. The number of benzene rings is 1. The number of anilines is 1. The van der Waals surface area contributed by atoms with Crippen LogP contribution in [0.4, 0.5) is 5.69 Å². The highest BCUT2D eigenvalue weighted by molar-refractivity contribution is 5.97. The summed E-state index contributed by atoms with van der Waals surface area (Å²) in [6.07, 6.45) is 0. The first kappa shape index (κ1) is 13.7. The van der Waals surface area contributed by atoms with Crippen molar-refractivity contribution >= 4 is 17.4 Å². The van der Waals surface area contributed by atoms with Crippen molar-refractivity contribution in [2.75, 3.05) is 37.6 Å². The average Bonchev–Trinajstić information content (AvgIpc) is 2.39. The Kier molecular flexibility index (Phi) is 4.29. The summed E-state index contributed by atoms with van der Waals surface area (Å²) in [4.78, 5) is 27.1. The van der Waals surface area contributed by atoms with Crippen LogP contribution in [0.5, 0.6) is 0 Å². The normalized spacial score (nSPS) is 16.7. The molecule has 2 rings (SSSR count). The monoisotopic (exact) mass is 261 g/mol. The van der Waals surface area contributed by atoms with Crippen LogP contribution >= 0.6 is 0 Å². The lowest BCUT2D eigenvalue weighted by atomic mass is 10.1. The summed E-state index contributed by atoms with van der Waals surface area (Å²) in [6.45, 7) is 4.76. The molecule has 1 aliphatic rings. The smallest absolute Gasteiger partial charge is 0.241 e. The first-order valence-electron chi connectivity index (χ1n) is 6.45. The van der Waals surface area contributed by atoms with Gasteiger partial charge >= 0.3 is 0 Å². The van der Waals surface area contributed by atoms with Crippen molar-refractivity contribution in [3.8, 4) is 0 Å². The highest BCUT2D eigenvalue weighted by atomic mass is 16.2. The van der Waals surface area contributed by atoms with E-state index < -0.39 is 0 Å². The van der Waals surface area contributed by atoms with E-state index in [0.717, 1.165) is 18.8 Å². The predicted molar refractivity (Wildman–Crippen MR) is 74.3 cm³/mol. The summed E-state index contributed by atoms with van der Waals surface area (Å²) in [5, 5.41) is 0. The number of nitrogens with zero attached hydrogens (tertiary/aromatic N) is 2. The number of hydrogen-bond donors (Lipinski definition) is 1. The van der Waals surface area contributed by atoms with Crippen LogP contribution in [0, 0.1) is 0 Å². The molecule has 1 heterocycles. The number of ketones is 1. The van der Waals surface area contributed by atoms with E-state index in [0.29, 0.717) is 25.2 Å². The Labute approximate surface area is 113 Å². The quantitative estimate of drug-likeness (QED) is 0.801. The highest BCUT2D eigenvalue weighted by Crippen LogP contribution is 2.18. The van der Waals surface area contributed by atoms with Crippen LogP contribution in [-0.2, 0) is 4.79 Å². The number of nitrogens with two attached hydrogens (primary N) is 1. The minimum Gasteiger partial charge on any atom is -0.329 e. The lowest BCUT2D eigenvalue weighted by Crippen LogP contribution is -2.51. The summed E-state index contributed by atoms with van der Waals surface area (Å²) in [5.74, 6) is 0.112. The number of amides is 1. The van der Waals surface area contributed by atoms with Gasteiger partial charge in [-0.2, -0.15) is 0 Å². The van der Waals surface area contributed by atoms with Crippen LogP contribution in [0.2, 0.25) is 0 Å². The summed E-state index contributed by atoms with van der Waals surface area (Å²) < 4.78 is 0. The van der Waals surface area contributed by atoms with Crippen molar-refractivity contribution in [2.24, 2.45) is 5.73 Å². The third-order valence-electron chi connectivity index (χ3n) is 3.33. The lowest BCUT2D eigenvalue weighted by Gasteiger charge is -2.34. The molecule has 1 aromatic rings. The Morgan fingerprint density at radius 2 is 1.95 bits per heavy atom. The van der Waals surface area contributed by atoms with Crippen molar-refractivity contribution in [1.29, 1.82) is 0 Å². The van der Waals surface area contributed by atoms with Crippen molar-refractivity contribution < 1.29 is 9.59 Å². The fraction of sp³-hybridized carbons (Fsp3) is 0.429. The van der Waals surface area contributed by atoms with E-state index in [2.05, 4.69) is 4.90 Å². The number of carbonyl (C=O) groups is 2. The molecule has 5 nitrogen and oxygen atoms in total. The van der Waals surface area contributed by atoms with Gasteiger partial charge in [-0.25, -0.2) is 0 Å². The number of rotatable bonds is 4. The minimum absolute atomic E-state index is 0.0330. The third kappa shape index (κ3) is 3.19. The van der Waals surface area contributed by atoms with E-state index >= 15 is 0 Å². The summed E-state index contributed by atoms with van der Waals surface area (Å²) in [7, 11) is 0. The summed E-state index contributed by atoms with van der Waals surface area (Å²) >= 11 is 0. The number of carbonyl (C=O) groups excluding carboxylic acids is 2. The molecule has 0 atom stereocenters. The maximum absolute atomic E-state index is 12.1. The number of piperazine rings is 1. The largest absolute Gasteiger partial charge is 0.329 e. The van der Waals surface area contributed by atoms with Crippen LogP contribution in [0.1, 0.15) is 17.3 Å². The van der Waals surface area contributed by atoms with Gasteiger partial charge in [-0.15, -0.1) is 0 Å². The standard InChI is InChI=1S/C14H19N3O2/c1-11(18)12-2-4-13(5-3-12)17-9-8-16(7-6-15)10-14(17)19/h2-5H,6-10,15H2,1H3. The second-order valence-electron chi connectivity index (χ2n) is 4.71. The van der Waals surface area contributed by atoms with Gasteiger partial charge in [0.2, 0.25) is 5.91 Å². The topological polar surface area (TPSA) is 66.6 Å². The Hall–Kier alpha value is -1.72. The first-order chi connectivity index (χ1) is 9.11. The molecule has 0 spiro atoms. The zero-order valence-corrected chi connectivity index (χ0v) is 11.1. The SMILES string of the molecule is CC(=O)c1ccc(N2CCN(CCN)CC2=O)cc1. The van der Waals surface area contributed by atoms with E-state index in [1.54, 1.807) is 17.0 Å².